The molecule has 3 rings (SSSR count). The molecule has 0 aliphatic carbocycles. The number of likely N-dealkylation sites (tertiary alicyclic amines) is 2. The summed E-state index contributed by atoms with van der Waals surface area (Å²) in [7, 11) is 0. The third-order valence-electron chi connectivity index (χ3n) is 5.60. The van der Waals surface area contributed by atoms with Crippen molar-refractivity contribution in [1.82, 2.24) is 20.5 Å². The zero-order valence-corrected chi connectivity index (χ0v) is 16.9. The van der Waals surface area contributed by atoms with E-state index in [4.69, 9.17) is 11.6 Å². The first-order valence-corrected chi connectivity index (χ1v) is 10.2. The summed E-state index contributed by atoms with van der Waals surface area (Å²) in [5, 5.41) is 8.35. The van der Waals surface area contributed by atoms with Crippen molar-refractivity contribution in [3.63, 3.8) is 0 Å². The highest BCUT2D eigenvalue weighted by Gasteiger charge is 2.28. The SMILES string of the molecule is C=C(CC1CCN(C2=C(Cl)C(=C)NN=C2)C1)NC1CCN(C(=O)CC)CC1. The van der Waals surface area contributed by atoms with Gasteiger partial charge in [-0.25, -0.2) is 0 Å². The molecule has 3 aliphatic heterocycles. The Labute approximate surface area is 167 Å². The van der Waals surface area contributed by atoms with Gasteiger partial charge in [0.2, 0.25) is 5.91 Å². The maximum absolute atomic E-state index is 11.8. The summed E-state index contributed by atoms with van der Waals surface area (Å²) in [5.74, 6) is 0.815. The van der Waals surface area contributed by atoms with Gasteiger partial charge in [0, 0.05) is 44.3 Å². The van der Waals surface area contributed by atoms with E-state index in [0.29, 0.717) is 29.1 Å². The largest absolute Gasteiger partial charge is 0.386 e. The highest BCUT2D eigenvalue weighted by molar-refractivity contribution is 6.33. The van der Waals surface area contributed by atoms with Crippen molar-refractivity contribution in [2.75, 3.05) is 26.2 Å². The van der Waals surface area contributed by atoms with Crippen molar-refractivity contribution in [3.8, 4) is 0 Å². The number of piperidine rings is 1. The van der Waals surface area contributed by atoms with Crippen LogP contribution in [0.3, 0.4) is 0 Å². The van der Waals surface area contributed by atoms with Gasteiger partial charge in [0.1, 0.15) is 0 Å². The van der Waals surface area contributed by atoms with Crippen LogP contribution in [0.25, 0.3) is 0 Å². The van der Waals surface area contributed by atoms with Crippen molar-refractivity contribution < 1.29 is 4.79 Å². The van der Waals surface area contributed by atoms with Crippen molar-refractivity contribution in [1.29, 1.82) is 0 Å². The predicted molar refractivity (Wildman–Crippen MR) is 110 cm³/mol. The van der Waals surface area contributed by atoms with E-state index < -0.39 is 0 Å². The molecule has 2 N–H and O–H groups in total. The van der Waals surface area contributed by atoms with Gasteiger partial charge in [0.05, 0.1) is 22.6 Å². The molecule has 0 saturated carbocycles. The third-order valence-corrected chi connectivity index (χ3v) is 6.02. The van der Waals surface area contributed by atoms with Crippen molar-refractivity contribution in [2.24, 2.45) is 11.0 Å². The Morgan fingerprint density at radius 1 is 1.37 bits per heavy atom. The molecule has 1 atom stereocenters. The van der Waals surface area contributed by atoms with Crippen LogP contribution < -0.4 is 10.7 Å². The normalized spacial score (nSPS) is 23.6. The van der Waals surface area contributed by atoms with Crippen LogP contribution >= 0.6 is 11.6 Å². The number of hydrogen-bond donors (Lipinski definition) is 2. The van der Waals surface area contributed by atoms with E-state index in [1.165, 1.54) is 0 Å². The van der Waals surface area contributed by atoms with Crippen LogP contribution in [0, 0.1) is 5.92 Å². The van der Waals surface area contributed by atoms with E-state index >= 15 is 0 Å². The molecule has 3 aliphatic rings. The molecular weight excluding hydrogens is 362 g/mol. The average Bonchev–Trinajstić information content (AvgIpc) is 3.12. The Kier molecular flexibility index (Phi) is 6.47. The number of amides is 1. The van der Waals surface area contributed by atoms with Crippen LogP contribution in [0.5, 0.6) is 0 Å². The third kappa shape index (κ3) is 4.86. The summed E-state index contributed by atoms with van der Waals surface area (Å²) in [6, 6.07) is 0.424. The maximum atomic E-state index is 11.8. The van der Waals surface area contributed by atoms with Crippen molar-refractivity contribution >= 4 is 23.7 Å². The molecule has 6 nitrogen and oxygen atoms in total. The van der Waals surface area contributed by atoms with E-state index in [-0.39, 0.29) is 5.91 Å². The standard InChI is InChI=1S/C20H30ClN5O/c1-4-19(27)25-9-6-17(7-10-25)23-14(2)11-16-5-8-26(13-16)18-12-22-24-15(3)20(18)21/h12,16-17,23-24H,2-11,13H2,1H3. The molecule has 148 valence electrons. The number of halogens is 1. The highest BCUT2D eigenvalue weighted by Crippen LogP contribution is 2.29. The number of nitrogens with zero attached hydrogens (tertiary/aromatic N) is 3. The molecule has 2 fully saturated rings. The zero-order chi connectivity index (χ0) is 19.4. The van der Waals surface area contributed by atoms with Crippen LogP contribution in [-0.4, -0.2) is 54.1 Å². The minimum atomic E-state index is 0.260. The molecule has 27 heavy (non-hydrogen) atoms. The Balaban J connectivity index is 1.43. The molecular formula is C20H30ClN5O. The summed E-state index contributed by atoms with van der Waals surface area (Å²) in [5.41, 5.74) is 5.50. The summed E-state index contributed by atoms with van der Waals surface area (Å²) in [6.45, 7) is 13.7. The molecule has 0 bridgehead atoms. The van der Waals surface area contributed by atoms with Gasteiger partial charge in [-0.2, -0.15) is 5.10 Å². The van der Waals surface area contributed by atoms with E-state index in [1.807, 2.05) is 11.8 Å². The van der Waals surface area contributed by atoms with Crippen LogP contribution in [0.4, 0.5) is 0 Å². The minimum Gasteiger partial charge on any atom is -0.386 e. The lowest BCUT2D eigenvalue weighted by atomic mass is 10.0. The Bertz CT molecular complexity index is 663. The molecule has 3 heterocycles. The molecule has 0 aromatic rings. The van der Waals surface area contributed by atoms with Gasteiger partial charge in [0.25, 0.3) is 0 Å². The van der Waals surface area contributed by atoms with Gasteiger partial charge in [0.15, 0.2) is 0 Å². The van der Waals surface area contributed by atoms with E-state index in [1.54, 1.807) is 6.21 Å². The van der Waals surface area contributed by atoms with Gasteiger partial charge >= 0.3 is 0 Å². The number of nitrogens with one attached hydrogen (secondary N) is 2. The number of carbonyl (C=O) groups excluding carboxylic acids is 1. The zero-order valence-electron chi connectivity index (χ0n) is 16.1. The fraction of sp³-hybridized carbons (Fsp3) is 0.600. The second kappa shape index (κ2) is 8.83. The van der Waals surface area contributed by atoms with Crippen LogP contribution in [0.2, 0.25) is 0 Å². The minimum absolute atomic E-state index is 0.260. The first-order chi connectivity index (χ1) is 13.0. The number of hydrazone groups is 1. The fourth-order valence-corrected chi connectivity index (χ4v) is 4.27. The molecule has 1 amide bonds. The fourth-order valence-electron chi connectivity index (χ4n) is 4.06. The first kappa shape index (κ1) is 19.8. The summed E-state index contributed by atoms with van der Waals surface area (Å²) in [4.78, 5) is 16.0. The van der Waals surface area contributed by atoms with Gasteiger partial charge < -0.3 is 15.1 Å². The maximum Gasteiger partial charge on any atom is 0.222 e. The lowest BCUT2D eigenvalue weighted by Crippen LogP contribution is -2.44. The van der Waals surface area contributed by atoms with Gasteiger partial charge in [-0.15, -0.1) is 0 Å². The van der Waals surface area contributed by atoms with E-state index in [2.05, 4.69) is 33.9 Å². The van der Waals surface area contributed by atoms with Crippen molar-refractivity contribution in [2.45, 2.75) is 45.1 Å². The highest BCUT2D eigenvalue weighted by atomic mass is 35.5. The summed E-state index contributed by atoms with van der Waals surface area (Å²) in [6.07, 6.45) is 6.44. The molecule has 7 heteroatoms. The molecule has 0 aromatic heterocycles. The number of rotatable bonds is 6. The number of carbonyl (C=O) groups is 1. The van der Waals surface area contributed by atoms with E-state index in [9.17, 15) is 4.79 Å². The summed E-state index contributed by atoms with van der Waals surface area (Å²) >= 11 is 6.37. The first-order valence-electron chi connectivity index (χ1n) is 9.83. The Morgan fingerprint density at radius 2 is 2.11 bits per heavy atom. The molecule has 1 unspecified atom stereocenters. The number of allylic oxidation sites excluding steroid dienone is 3. The van der Waals surface area contributed by atoms with Crippen molar-refractivity contribution in [3.05, 3.63) is 35.3 Å². The molecule has 0 spiro atoms. The van der Waals surface area contributed by atoms with Gasteiger partial charge in [-0.1, -0.05) is 31.7 Å². The van der Waals surface area contributed by atoms with Crippen LogP contribution in [0.1, 0.15) is 39.0 Å². The smallest absolute Gasteiger partial charge is 0.222 e. The predicted octanol–water partition coefficient (Wildman–Crippen LogP) is 2.76. The molecule has 0 aromatic carbocycles. The lowest BCUT2D eigenvalue weighted by molar-refractivity contribution is -0.131. The Hall–Kier alpha value is -1.95. The second-order valence-corrected chi connectivity index (χ2v) is 7.99. The number of hydrogen-bond acceptors (Lipinski definition) is 5. The van der Waals surface area contributed by atoms with E-state index in [0.717, 1.165) is 63.3 Å². The average molecular weight is 392 g/mol. The van der Waals surface area contributed by atoms with Crippen LogP contribution in [-0.2, 0) is 4.79 Å². The topological polar surface area (TPSA) is 60.0 Å². The monoisotopic (exact) mass is 391 g/mol. The van der Waals surface area contributed by atoms with Gasteiger partial charge in [-0.05, 0) is 31.6 Å². The quantitative estimate of drug-likeness (QED) is 0.730. The molecule has 0 radical (unpaired) electrons. The van der Waals surface area contributed by atoms with Gasteiger partial charge in [-0.3, -0.25) is 10.2 Å². The lowest BCUT2D eigenvalue weighted by Gasteiger charge is -2.33. The Morgan fingerprint density at radius 3 is 2.81 bits per heavy atom. The van der Waals surface area contributed by atoms with Crippen LogP contribution in [0.15, 0.2) is 40.4 Å². The molecule has 2 saturated heterocycles. The second-order valence-electron chi connectivity index (χ2n) is 7.61. The summed E-state index contributed by atoms with van der Waals surface area (Å²) < 4.78 is 0.